The van der Waals surface area contributed by atoms with E-state index in [4.69, 9.17) is 0 Å². The third-order valence-electron chi connectivity index (χ3n) is 5.80. The Kier molecular flexibility index (Phi) is 4.68. The maximum absolute atomic E-state index is 13.0. The lowest BCUT2D eigenvalue weighted by atomic mass is 9.94. The normalized spacial score (nSPS) is 23.0. The molecule has 5 rings (SSSR count). The number of amides is 1. The number of piperidine rings is 1. The number of aryl methyl sites for hydroxylation is 1. The maximum Gasteiger partial charge on any atom is 0.254 e. The molecule has 3 aliphatic heterocycles. The van der Waals surface area contributed by atoms with Crippen LogP contribution in [0.15, 0.2) is 48.5 Å². The lowest BCUT2D eigenvalue weighted by molar-refractivity contribution is 0.0735. The molecule has 1 amide bonds. The molecule has 4 nitrogen and oxygen atoms in total. The van der Waals surface area contributed by atoms with Crippen LogP contribution in [0, 0.1) is 12.8 Å². The summed E-state index contributed by atoms with van der Waals surface area (Å²) in [4.78, 5) is 17.5. The van der Waals surface area contributed by atoms with Crippen LogP contribution in [0.3, 0.4) is 0 Å². The van der Waals surface area contributed by atoms with E-state index in [0.29, 0.717) is 17.5 Å². The van der Waals surface area contributed by atoms with Crippen LogP contribution in [0.1, 0.15) is 34.3 Å². The predicted octanol–water partition coefficient (Wildman–Crippen LogP) is 3.44. The topological polar surface area (TPSA) is 43.8 Å². The molecule has 2 bridgehead atoms. The first kappa shape index (κ1) is 17.1. The summed E-state index contributed by atoms with van der Waals surface area (Å²) in [5.74, 6) is 0.763. The Bertz CT molecular complexity index is 790. The Morgan fingerprint density at radius 1 is 1.08 bits per heavy atom. The van der Waals surface area contributed by atoms with Crippen LogP contribution in [-0.4, -0.2) is 46.5 Å². The zero-order chi connectivity index (χ0) is 18.1. The third kappa shape index (κ3) is 3.47. The van der Waals surface area contributed by atoms with E-state index in [1.807, 2.05) is 24.0 Å². The van der Waals surface area contributed by atoms with Crippen molar-refractivity contribution in [2.75, 3.05) is 19.6 Å². The molecule has 3 aliphatic rings. The van der Waals surface area contributed by atoms with Gasteiger partial charge in [0.05, 0.1) is 0 Å². The number of hydrogen-bond donors (Lipinski definition) is 1. The van der Waals surface area contributed by atoms with Crippen molar-refractivity contribution >= 4 is 5.91 Å². The van der Waals surface area contributed by atoms with Crippen LogP contribution in [0.5, 0.6) is 5.75 Å². The summed E-state index contributed by atoms with van der Waals surface area (Å²) in [6.07, 6.45) is 2.35. The second kappa shape index (κ2) is 7.12. The highest BCUT2D eigenvalue weighted by Crippen LogP contribution is 2.30. The Hall–Kier alpha value is -2.33. The largest absolute Gasteiger partial charge is 0.508 e. The first-order chi connectivity index (χ1) is 12.6. The number of phenolic OH excluding ortho intramolecular Hbond substituents is 1. The molecule has 2 aromatic carbocycles. The molecule has 0 saturated carbocycles. The minimum absolute atomic E-state index is 0.0405. The molecule has 2 atom stereocenters. The van der Waals surface area contributed by atoms with Gasteiger partial charge in [-0.3, -0.25) is 9.69 Å². The summed E-state index contributed by atoms with van der Waals surface area (Å²) in [6.45, 7) is 5.45. The molecule has 0 aliphatic carbocycles. The zero-order valence-corrected chi connectivity index (χ0v) is 15.3. The lowest BCUT2D eigenvalue weighted by Crippen LogP contribution is -2.43. The van der Waals surface area contributed by atoms with Gasteiger partial charge in [0, 0.05) is 37.8 Å². The van der Waals surface area contributed by atoms with Gasteiger partial charge in [0.15, 0.2) is 0 Å². The van der Waals surface area contributed by atoms with Crippen molar-refractivity contribution in [1.29, 1.82) is 0 Å². The number of phenols is 1. The minimum atomic E-state index is 0.0405. The van der Waals surface area contributed by atoms with Crippen LogP contribution >= 0.6 is 0 Å². The number of rotatable bonds is 3. The number of aromatic hydroxyl groups is 1. The standard InChI is InChI=1S/C22H26N2O2/c1-16-7-9-19(11-21(16)25)22(26)24-14-18-8-10-20(15-24)23(13-18)12-17-5-3-2-4-6-17/h2-7,9,11,18,20,25H,8,10,12-15H2,1H3/t18-,20-/m1/s1. The molecule has 0 unspecified atom stereocenters. The Labute approximate surface area is 155 Å². The molecule has 0 aromatic heterocycles. The van der Waals surface area contributed by atoms with Gasteiger partial charge < -0.3 is 10.0 Å². The van der Waals surface area contributed by atoms with E-state index in [2.05, 4.69) is 35.2 Å². The first-order valence-corrected chi connectivity index (χ1v) is 9.47. The minimum Gasteiger partial charge on any atom is -0.508 e. The summed E-state index contributed by atoms with van der Waals surface area (Å²) in [7, 11) is 0. The second-order valence-corrected chi connectivity index (χ2v) is 7.72. The Morgan fingerprint density at radius 2 is 1.88 bits per heavy atom. The number of hydrogen-bond acceptors (Lipinski definition) is 3. The van der Waals surface area contributed by atoms with Crippen LogP contribution < -0.4 is 0 Å². The average Bonchev–Trinajstić information content (AvgIpc) is 2.96. The fourth-order valence-corrected chi connectivity index (χ4v) is 4.28. The molecule has 0 radical (unpaired) electrons. The number of fused-ring (bicyclic) bond motifs is 4. The SMILES string of the molecule is Cc1ccc(C(=O)N2C[C@@H]3CC[C@H](C2)N(Cc2ccccc2)C3)cc1O. The first-order valence-electron chi connectivity index (χ1n) is 9.47. The average molecular weight is 350 g/mol. The van der Waals surface area contributed by atoms with E-state index < -0.39 is 0 Å². The molecule has 3 saturated heterocycles. The lowest BCUT2D eigenvalue weighted by Gasteiger charge is -2.36. The molecule has 2 aromatic rings. The molecule has 3 heterocycles. The Balaban J connectivity index is 1.50. The van der Waals surface area contributed by atoms with Crippen molar-refractivity contribution in [1.82, 2.24) is 9.80 Å². The smallest absolute Gasteiger partial charge is 0.254 e. The molecular formula is C22H26N2O2. The van der Waals surface area contributed by atoms with Gasteiger partial charge in [-0.05, 0) is 48.9 Å². The number of benzene rings is 2. The summed E-state index contributed by atoms with van der Waals surface area (Å²) in [5, 5.41) is 9.95. The maximum atomic E-state index is 13.0. The molecular weight excluding hydrogens is 324 g/mol. The van der Waals surface area contributed by atoms with Gasteiger partial charge in [0.25, 0.3) is 5.91 Å². The highest BCUT2D eigenvalue weighted by molar-refractivity contribution is 5.94. The van der Waals surface area contributed by atoms with E-state index in [-0.39, 0.29) is 11.7 Å². The number of carbonyl (C=O) groups excluding carboxylic acids is 1. The van der Waals surface area contributed by atoms with Gasteiger partial charge >= 0.3 is 0 Å². The van der Waals surface area contributed by atoms with Gasteiger partial charge in [0.2, 0.25) is 0 Å². The quantitative estimate of drug-likeness (QED) is 0.922. The van der Waals surface area contributed by atoms with Crippen LogP contribution in [0.2, 0.25) is 0 Å². The number of nitrogens with zero attached hydrogens (tertiary/aromatic N) is 2. The highest BCUT2D eigenvalue weighted by Gasteiger charge is 2.36. The van der Waals surface area contributed by atoms with Crippen LogP contribution in [0.25, 0.3) is 0 Å². The van der Waals surface area contributed by atoms with Crippen molar-refractivity contribution < 1.29 is 9.90 Å². The zero-order valence-electron chi connectivity index (χ0n) is 15.3. The van der Waals surface area contributed by atoms with E-state index >= 15 is 0 Å². The predicted molar refractivity (Wildman–Crippen MR) is 102 cm³/mol. The van der Waals surface area contributed by atoms with Crippen molar-refractivity contribution in [2.45, 2.75) is 32.4 Å². The van der Waals surface area contributed by atoms with E-state index in [0.717, 1.165) is 38.2 Å². The summed E-state index contributed by atoms with van der Waals surface area (Å²) >= 11 is 0. The number of carbonyl (C=O) groups is 1. The summed E-state index contributed by atoms with van der Waals surface area (Å²) in [5.41, 5.74) is 2.72. The highest BCUT2D eigenvalue weighted by atomic mass is 16.3. The molecule has 1 N–H and O–H groups in total. The second-order valence-electron chi connectivity index (χ2n) is 7.72. The van der Waals surface area contributed by atoms with Gasteiger partial charge in [0.1, 0.15) is 5.75 Å². The molecule has 3 fully saturated rings. The molecule has 26 heavy (non-hydrogen) atoms. The van der Waals surface area contributed by atoms with Gasteiger partial charge in [-0.15, -0.1) is 0 Å². The molecule has 0 spiro atoms. The van der Waals surface area contributed by atoms with Crippen molar-refractivity contribution in [2.24, 2.45) is 5.92 Å². The summed E-state index contributed by atoms with van der Waals surface area (Å²) in [6, 6.07) is 16.2. The van der Waals surface area contributed by atoms with E-state index in [1.54, 1.807) is 6.07 Å². The monoisotopic (exact) mass is 350 g/mol. The summed E-state index contributed by atoms with van der Waals surface area (Å²) < 4.78 is 0. The van der Waals surface area contributed by atoms with Crippen molar-refractivity contribution in [3.05, 3.63) is 65.2 Å². The van der Waals surface area contributed by atoms with Gasteiger partial charge in [-0.25, -0.2) is 0 Å². The van der Waals surface area contributed by atoms with Gasteiger partial charge in [-0.2, -0.15) is 0 Å². The van der Waals surface area contributed by atoms with Crippen LogP contribution in [-0.2, 0) is 6.54 Å². The molecule has 136 valence electrons. The Morgan fingerprint density at radius 3 is 2.65 bits per heavy atom. The fraction of sp³-hybridized carbons (Fsp3) is 0.409. The third-order valence-corrected chi connectivity index (χ3v) is 5.80. The van der Waals surface area contributed by atoms with Crippen LogP contribution in [0.4, 0.5) is 0 Å². The van der Waals surface area contributed by atoms with Crippen molar-refractivity contribution in [3.63, 3.8) is 0 Å². The van der Waals surface area contributed by atoms with Gasteiger partial charge in [-0.1, -0.05) is 36.4 Å². The fourth-order valence-electron chi connectivity index (χ4n) is 4.28. The van der Waals surface area contributed by atoms with E-state index in [9.17, 15) is 9.90 Å². The van der Waals surface area contributed by atoms with Crippen molar-refractivity contribution in [3.8, 4) is 5.75 Å². The van der Waals surface area contributed by atoms with E-state index in [1.165, 1.54) is 12.0 Å². The molecule has 4 heteroatoms.